The molecule has 4 rings (SSSR count). The molecule has 21 heavy (non-hydrogen) atoms. The summed E-state index contributed by atoms with van der Waals surface area (Å²) in [6.45, 7) is 0.849. The minimum absolute atomic E-state index is 0.440. The molecule has 1 N–H and O–H groups in total. The Morgan fingerprint density at radius 3 is 2.71 bits per heavy atom. The van der Waals surface area contributed by atoms with Crippen LogP contribution in [0.2, 0.25) is 0 Å². The zero-order valence-corrected chi connectivity index (χ0v) is 13.1. The molecule has 0 radical (unpaired) electrons. The minimum atomic E-state index is 0.440. The van der Waals surface area contributed by atoms with E-state index in [2.05, 4.69) is 42.5 Å². The van der Waals surface area contributed by atoms with Gasteiger partial charge < -0.3 is 15.0 Å². The maximum absolute atomic E-state index is 5.94. The van der Waals surface area contributed by atoms with Crippen LogP contribution in [0.25, 0.3) is 0 Å². The zero-order chi connectivity index (χ0) is 14.4. The lowest BCUT2D eigenvalue weighted by Crippen LogP contribution is -2.43. The summed E-state index contributed by atoms with van der Waals surface area (Å²) >= 11 is 0. The average molecular weight is 286 g/mol. The van der Waals surface area contributed by atoms with Crippen LogP contribution in [0.5, 0.6) is 5.75 Å². The Morgan fingerprint density at radius 2 is 2.00 bits per heavy atom. The first kappa shape index (κ1) is 13.6. The highest BCUT2D eigenvalue weighted by Crippen LogP contribution is 2.45. The third-order valence-corrected chi connectivity index (χ3v) is 6.00. The fourth-order valence-electron chi connectivity index (χ4n) is 4.86. The van der Waals surface area contributed by atoms with Gasteiger partial charge in [0.05, 0.1) is 6.61 Å². The van der Waals surface area contributed by atoms with E-state index in [1.165, 1.54) is 42.6 Å². The molecule has 3 aliphatic heterocycles. The summed E-state index contributed by atoms with van der Waals surface area (Å²) in [6, 6.07) is 8.72. The number of ether oxygens (including phenoxy) is 1. The standard InChI is InChI=1S/C18H26N2O/c1-19-17(13-10-14-6-7-15(11-13)20(14)2)16-5-3-4-12-8-9-21-18(12)16/h3-5,13-15,17,19H,6-11H2,1-2H3. The molecule has 0 amide bonds. The normalized spacial score (nSPS) is 32.8. The van der Waals surface area contributed by atoms with Gasteiger partial charge >= 0.3 is 0 Å². The molecular formula is C18H26N2O. The Labute approximate surface area is 127 Å². The predicted octanol–water partition coefficient (Wildman–Crippen LogP) is 2.75. The molecule has 3 unspecified atom stereocenters. The second kappa shape index (κ2) is 5.29. The van der Waals surface area contributed by atoms with Crippen LogP contribution in [0.3, 0.4) is 0 Å². The summed E-state index contributed by atoms with van der Waals surface area (Å²) < 4.78 is 5.94. The minimum Gasteiger partial charge on any atom is -0.493 e. The van der Waals surface area contributed by atoms with Crippen molar-refractivity contribution in [2.75, 3.05) is 20.7 Å². The fraction of sp³-hybridized carbons (Fsp3) is 0.667. The number of benzene rings is 1. The van der Waals surface area contributed by atoms with Gasteiger partial charge in [0.1, 0.15) is 5.75 Å². The lowest BCUT2D eigenvalue weighted by atomic mass is 9.81. The Hall–Kier alpha value is -1.06. The Balaban J connectivity index is 1.63. The van der Waals surface area contributed by atoms with Crippen molar-refractivity contribution >= 4 is 0 Å². The smallest absolute Gasteiger partial charge is 0.127 e. The number of piperidine rings is 1. The molecule has 1 aromatic carbocycles. The molecule has 0 aliphatic carbocycles. The van der Waals surface area contributed by atoms with E-state index in [1.54, 1.807) is 0 Å². The first-order valence-corrected chi connectivity index (χ1v) is 8.41. The summed E-state index contributed by atoms with van der Waals surface area (Å²) in [5, 5.41) is 3.60. The van der Waals surface area contributed by atoms with E-state index in [-0.39, 0.29) is 0 Å². The third kappa shape index (κ3) is 2.18. The molecular weight excluding hydrogens is 260 g/mol. The topological polar surface area (TPSA) is 24.5 Å². The van der Waals surface area contributed by atoms with E-state index >= 15 is 0 Å². The molecule has 3 atom stereocenters. The molecule has 3 heteroatoms. The monoisotopic (exact) mass is 286 g/mol. The SMILES string of the molecule is CNC(c1cccc2c1OCC2)C1CC2CCC(C1)N2C. The summed E-state index contributed by atoms with van der Waals surface area (Å²) in [5.41, 5.74) is 2.78. The summed E-state index contributed by atoms with van der Waals surface area (Å²) in [5.74, 6) is 1.91. The summed E-state index contributed by atoms with van der Waals surface area (Å²) in [7, 11) is 4.43. The van der Waals surface area contributed by atoms with Crippen LogP contribution in [-0.2, 0) is 6.42 Å². The van der Waals surface area contributed by atoms with Crippen molar-refractivity contribution < 1.29 is 4.74 Å². The van der Waals surface area contributed by atoms with Crippen LogP contribution < -0.4 is 10.1 Å². The largest absolute Gasteiger partial charge is 0.493 e. The zero-order valence-electron chi connectivity index (χ0n) is 13.1. The van der Waals surface area contributed by atoms with Gasteiger partial charge in [-0.15, -0.1) is 0 Å². The second-order valence-corrected chi connectivity index (χ2v) is 6.98. The molecule has 114 valence electrons. The number of hydrogen-bond donors (Lipinski definition) is 1. The molecule has 3 aliphatic rings. The van der Waals surface area contributed by atoms with E-state index in [0.29, 0.717) is 6.04 Å². The Kier molecular flexibility index (Phi) is 3.43. The highest BCUT2D eigenvalue weighted by Gasteiger charge is 2.41. The van der Waals surface area contributed by atoms with Crippen LogP contribution in [0.1, 0.15) is 42.9 Å². The lowest BCUT2D eigenvalue weighted by Gasteiger charge is -2.40. The molecule has 0 spiro atoms. The fourth-order valence-corrected chi connectivity index (χ4v) is 4.86. The van der Waals surface area contributed by atoms with Gasteiger partial charge in [0.25, 0.3) is 0 Å². The van der Waals surface area contributed by atoms with Crippen LogP contribution in [0.15, 0.2) is 18.2 Å². The Morgan fingerprint density at radius 1 is 1.24 bits per heavy atom. The van der Waals surface area contributed by atoms with Crippen molar-refractivity contribution in [3.63, 3.8) is 0 Å². The summed E-state index contributed by atoms with van der Waals surface area (Å²) in [6.07, 6.45) is 6.48. The van der Waals surface area contributed by atoms with Crippen LogP contribution >= 0.6 is 0 Å². The maximum Gasteiger partial charge on any atom is 0.127 e. The number of rotatable bonds is 3. The lowest BCUT2D eigenvalue weighted by molar-refractivity contribution is 0.113. The van der Waals surface area contributed by atoms with Crippen LogP contribution in [0.4, 0.5) is 0 Å². The second-order valence-electron chi connectivity index (χ2n) is 6.98. The predicted molar refractivity (Wildman–Crippen MR) is 84.7 cm³/mol. The van der Waals surface area contributed by atoms with Crippen molar-refractivity contribution in [1.29, 1.82) is 0 Å². The molecule has 0 aromatic heterocycles. The number of nitrogens with zero attached hydrogens (tertiary/aromatic N) is 1. The van der Waals surface area contributed by atoms with Gasteiger partial charge in [-0.1, -0.05) is 18.2 Å². The summed E-state index contributed by atoms with van der Waals surface area (Å²) in [4.78, 5) is 2.62. The van der Waals surface area contributed by atoms with Crippen molar-refractivity contribution in [1.82, 2.24) is 10.2 Å². The highest BCUT2D eigenvalue weighted by atomic mass is 16.5. The van der Waals surface area contributed by atoms with E-state index in [4.69, 9.17) is 4.74 Å². The van der Waals surface area contributed by atoms with Crippen molar-refractivity contribution in [2.24, 2.45) is 5.92 Å². The molecule has 2 fully saturated rings. The molecule has 3 heterocycles. The number of fused-ring (bicyclic) bond motifs is 3. The first-order chi connectivity index (χ1) is 10.3. The van der Waals surface area contributed by atoms with Gasteiger partial charge in [-0.2, -0.15) is 0 Å². The first-order valence-electron chi connectivity index (χ1n) is 8.41. The number of nitrogens with one attached hydrogen (secondary N) is 1. The molecule has 1 aromatic rings. The average Bonchev–Trinajstić information content (AvgIpc) is 3.03. The quantitative estimate of drug-likeness (QED) is 0.924. The van der Waals surface area contributed by atoms with Gasteiger partial charge in [-0.25, -0.2) is 0 Å². The molecule has 0 saturated carbocycles. The van der Waals surface area contributed by atoms with Crippen molar-refractivity contribution in [3.8, 4) is 5.75 Å². The van der Waals surface area contributed by atoms with Crippen molar-refractivity contribution in [3.05, 3.63) is 29.3 Å². The van der Waals surface area contributed by atoms with E-state index in [1.807, 2.05) is 0 Å². The van der Waals surface area contributed by atoms with Gasteiger partial charge in [-0.3, -0.25) is 0 Å². The van der Waals surface area contributed by atoms with Gasteiger partial charge in [0, 0.05) is 30.1 Å². The van der Waals surface area contributed by atoms with Crippen LogP contribution in [0, 0.1) is 5.92 Å². The molecule has 3 nitrogen and oxygen atoms in total. The Bertz CT molecular complexity index is 516. The van der Waals surface area contributed by atoms with Gasteiger partial charge in [-0.05, 0) is 51.3 Å². The van der Waals surface area contributed by atoms with Gasteiger partial charge in [0.15, 0.2) is 0 Å². The maximum atomic E-state index is 5.94. The van der Waals surface area contributed by atoms with E-state index in [0.717, 1.165) is 31.0 Å². The van der Waals surface area contributed by atoms with Gasteiger partial charge in [0.2, 0.25) is 0 Å². The molecule has 2 saturated heterocycles. The number of hydrogen-bond acceptors (Lipinski definition) is 3. The van der Waals surface area contributed by atoms with Crippen LogP contribution in [-0.4, -0.2) is 37.7 Å². The number of para-hydroxylation sites is 1. The van der Waals surface area contributed by atoms with Crippen molar-refractivity contribution in [2.45, 2.75) is 50.2 Å². The molecule has 2 bridgehead atoms. The third-order valence-electron chi connectivity index (χ3n) is 6.00. The van der Waals surface area contributed by atoms with E-state index in [9.17, 15) is 0 Å². The highest BCUT2D eigenvalue weighted by molar-refractivity contribution is 5.46. The van der Waals surface area contributed by atoms with E-state index < -0.39 is 0 Å².